The highest BCUT2D eigenvalue weighted by Gasteiger charge is 2.26. The van der Waals surface area contributed by atoms with E-state index >= 15 is 0 Å². The van der Waals surface area contributed by atoms with Crippen LogP contribution >= 0.6 is 0 Å². The summed E-state index contributed by atoms with van der Waals surface area (Å²) in [5.74, 6) is 3.34. The second-order valence-corrected chi connectivity index (χ2v) is 9.73. The topological polar surface area (TPSA) is 61.3 Å². The third kappa shape index (κ3) is 7.47. The summed E-state index contributed by atoms with van der Waals surface area (Å²) in [6.07, 6.45) is 4.39. The highest BCUT2D eigenvalue weighted by atomic mass is 16.5. The SMILES string of the molecule is CCCOc1ccc(OCCC)c(C2=Nc3ccccc3NC(c3cc(OCCC)ccc3OCCC)C2)c1. The molecule has 1 aliphatic rings. The zero-order valence-corrected chi connectivity index (χ0v) is 23.8. The first-order chi connectivity index (χ1) is 19.2. The van der Waals surface area contributed by atoms with Gasteiger partial charge in [-0.3, -0.25) is 4.99 Å². The number of para-hydroxylation sites is 2. The van der Waals surface area contributed by atoms with E-state index in [1.165, 1.54) is 0 Å². The zero-order chi connectivity index (χ0) is 27.5. The van der Waals surface area contributed by atoms with E-state index in [1.807, 2.05) is 42.5 Å². The molecule has 1 aliphatic heterocycles. The molecular weight excluding hydrogens is 488 g/mol. The van der Waals surface area contributed by atoms with Gasteiger partial charge in [-0.05, 0) is 74.2 Å². The predicted octanol–water partition coefficient (Wildman–Crippen LogP) is 8.52. The molecule has 0 radical (unpaired) electrons. The number of ether oxygens (including phenoxy) is 4. The number of anilines is 1. The molecule has 0 aromatic heterocycles. The summed E-state index contributed by atoms with van der Waals surface area (Å²) >= 11 is 0. The van der Waals surface area contributed by atoms with Gasteiger partial charge in [0.15, 0.2) is 0 Å². The summed E-state index contributed by atoms with van der Waals surface area (Å²) in [5, 5.41) is 3.76. The largest absolute Gasteiger partial charge is 0.494 e. The third-order valence-electron chi connectivity index (χ3n) is 6.37. The lowest BCUT2D eigenvalue weighted by Crippen LogP contribution is -2.17. The van der Waals surface area contributed by atoms with Gasteiger partial charge in [0.25, 0.3) is 0 Å². The van der Waals surface area contributed by atoms with Crippen molar-refractivity contribution in [3.05, 3.63) is 71.8 Å². The Labute approximate surface area is 233 Å². The zero-order valence-electron chi connectivity index (χ0n) is 23.8. The second-order valence-electron chi connectivity index (χ2n) is 9.73. The Kier molecular flexibility index (Phi) is 10.5. The van der Waals surface area contributed by atoms with Gasteiger partial charge in [0, 0.05) is 17.5 Å². The quantitative estimate of drug-likeness (QED) is 0.226. The van der Waals surface area contributed by atoms with Crippen LogP contribution < -0.4 is 24.3 Å². The van der Waals surface area contributed by atoms with Gasteiger partial charge < -0.3 is 24.3 Å². The molecular formula is C33H42N2O4. The van der Waals surface area contributed by atoms with Crippen LogP contribution in [0.2, 0.25) is 0 Å². The summed E-state index contributed by atoms with van der Waals surface area (Å²) in [7, 11) is 0. The number of hydrogen-bond acceptors (Lipinski definition) is 6. The summed E-state index contributed by atoms with van der Waals surface area (Å²) in [5.41, 5.74) is 4.82. The van der Waals surface area contributed by atoms with E-state index in [2.05, 4.69) is 51.2 Å². The van der Waals surface area contributed by atoms with Crippen molar-refractivity contribution in [2.45, 2.75) is 65.8 Å². The van der Waals surface area contributed by atoms with Gasteiger partial charge in [0.1, 0.15) is 23.0 Å². The van der Waals surface area contributed by atoms with E-state index in [4.69, 9.17) is 23.9 Å². The number of benzene rings is 3. The maximum absolute atomic E-state index is 6.23. The molecule has 39 heavy (non-hydrogen) atoms. The van der Waals surface area contributed by atoms with Crippen LogP contribution in [0.1, 0.15) is 77.0 Å². The van der Waals surface area contributed by atoms with Crippen LogP contribution in [0.4, 0.5) is 11.4 Å². The molecule has 0 bridgehead atoms. The number of hydrogen-bond donors (Lipinski definition) is 1. The third-order valence-corrected chi connectivity index (χ3v) is 6.37. The van der Waals surface area contributed by atoms with E-state index in [0.29, 0.717) is 32.8 Å². The van der Waals surface area contributed by atoms with Crippen molar-refractivity contribution in [1.82, 2.24) is 0 Å². The number of fused-ring (bicyclic) bond motifs is 1. The maximum Gasteiger partial charge on any atom is 0.128 e. The molecule has 0 saturated carbocycles. The molecule has 3 aromatic rings. The fourth-order valence-corrected chi connectivity index (χ4v) is 4.51. The van der Waals surface area contributed by atoms with Crippen molar-refractivity contribution < 1.29 is 18.9 Å². The van der Waals surface area contributed by atoms with Crippen LogP contribution in [-0.4, -0.2) is 32.1 Å². The van der Waals surface area contributed by atoms with Crippen molar-refractivity contribution in [3.8, 4) is 23.0 Å². The molecule has 6 nitrogen and oxygen atoms in total. The summed E-state index contributed by atoms with van der Waals surface area (Å²) in [6, 6.07) is 20.3. The van der Waals surface area contributed by atoms with E-state index in [1.54, 1.807) is 0 Å². The van der Waals surface area contributed by atoms with Gasteiger partial charge in [0.2, 0.25) is 0 Å². The molecule has 0 spiro atoms. The van der Waals surface area contributed by atoms with E-state index in [-0.39, 0.29) is 6.04 Å². The Morgan fingerprint density at radius 2 is 1.28 bits per heavy atom. The Hall–Kier alpha value is -3.67. The number of nitrogens with one attached hydrogen (secondary N) is 1. The highest BCUT2D eigenvalue weighted by molar-refractivity contribution is 6.06. The molecule has 208 valence electrons. The molecule has 0 aliphatic carbocycles. The Balaban J connectivity index is 1.81. The maximum atomic E-state index is 6.23. The lowest BCUT2D eigenvalue weighted by molar-refractivity contribution is 0.304. The predicted molar refractivity (Wildman–Crippen MR) is 160 cm³/mol. The average Bonchev–Trinajstić information content (AvgIpc) is 3.17. The minimum absolute atomic E-state index is 0.0938. The van der Waals surface area contributed by atoms with E-state index < -0.39 is 0 Å². The standard InChI is InChI=1S/C33H42N2O4/c1-5-17-36-24-13-15-32(38-19-7-3)26(21-24)30-23-31(35-29-12-10-9-11-28(29)34-30)27-22-25(37-18-6-2)14-16-33(27)39-20-8-4/h9-16,21-22,30,34H,5-8,17-20,23H2,1-4H3. The molecule has 1 atom stereocenters. The van der Waals surface area contributed by atoms with Gasteiger partial charge in [0.05, 0.1) is 49.6 Å². The first-order valence-corrected chi connectivity index (χ1v) is 14.4. The molecule has 4 rings (SSSR count). The van der Waals surface area contributed by atoms with Gasteiger partial charge in [-0.15, -0.1) is 0 Å². The summed E-state index contributed by atoms with van der Waals surface area (Å²) < 4.78 is 24.5. The smallest absolute Gasteiger partial charge is 0.128 e. The van der Waals surface area contributed by atoms with E-state index in [9.17, 15) is 0 Å². The second kappa shape index (κ2) is 14.5. The number of aliphatic imine (C=N–C) groups is 1. The number of rotatable bonds is 14. The van der Waals surface area contributed by atoms with Gasteiger partial charge in [-0.1, -0.05) is 39.8 Å². The van der Waals surface area contributed by atoms with Crippen LogP contribution in [-0.2, 0) is 0 Å². The van der Waals surface area contributed by atoms with Crippen molar-refractivity contribution in [1.29, 1.82) is 0 Å². The fraction of sp³-hybridized carbons (Fsp3) is 0.424. The first-order valence-electron chi connectivity index (χ1n) is 14.4. The normalized spacial score (nSPS) is 14.5. The molecule has 0 saturated heterocycles. The molecule has 1 heterocycles. The van der Waals surface area contributed by atoms with Crippen molar-refractivity contribution in [2.24, 2.45) is 4.99 Å². The number of nitrogens with zero attached hydrogens (tertiary/aromatic N) is 1. The van der Waals surface area contributed by atoms with Crippen LogP contribution in [0.25, 0.3) is 0 Å². The van der Waals surface area contributed by atoms with Crippen LogP contribution in [0.5, 0.6) is 23.0 Å². The summed E-state index contributed by atoms with van der Waals surface area (Å²) in [4.78, 5) is 5.19. The van der Waals surface area contributed by atoms with Crippen molar-refractivity contribution >= 4 is 17.1 Å². The summed E-state index contributed by atoms with van der Waals surface area (Å²) in [6.45, 7) is 11.1. The Bertz CT molecular complexity index is 1240. The van der Waals surface area contributed by atoms with Crippen molar-refractivity contribution in [2.75, 3.05) is 31.7 Å². The molecule has 3 aromatic carbocycles. The average molecular weight is 531 g/mol. The Morgan fingerprint density at radius 1 is 0.692 bits per heavy atom. The lowest BCUT2D eigenvalue weighted by Gasteiger charge is -2.23. The van der Waals surface area contributed by atoms with Crippen molar-refractivity contribution in [3.63, 3.8) is 0 Å². The first kappa shape index (κ1) is 28.3. The van der Waals surface area contributed by atoms with Gasteiger partial charge in [-0.25, -0.2) is 0 Å². The molecule has 1 N–H and O–H groups in total. The molecule has 0 fully saturated rings. The van der Waals surface area contributed by atoms with Gasteiger partial charge >= 0.3 is 0 Å². The Morgan fingerprint density at radius 3 is 1.97 bits per heavy atom. The lowest BCUT2D eigenvalue weighted by atomic mass is 9.95. The van der Waals surface area contributed by atoms with Crippen LogP contribution in [0.15, 0.2) is 65.7 Å². The minimum atomic E-state index is -0.0938. The fourth-order valence-electron chi connectivity index (χ4n) is 4.51. The van der Waals surface area contributed by atoms with Crippen LogP contribution in [0.3, 0.4) is 0 Å². The van der Waals surface area contributed by atoms with Crippen LogP contribution in [0, 0.1) is 0 Å². The molecule has 0 amide bonds. The highest BCUT2D eigenvalue weighted by Crippen LogP contribution is 2.41. The molecule has 6 heteroatoms. The van der Waals surface area contributed by atoms with E-state index in [0.717, 1.165) is 76.9 Å². The molecule has 1 unspecified atom stereocenters. The minimum Gasteiger partial charge on any atom is -0.494 e. The monoisotopic (exact) mass is 530 g/mol. The van der Waals surface area contributed by atoms with Gasteiger partial charge in [-0.2, -0.15) is 0 Å².